The summed E-state index contributed by atoms with van der Waals surface area (Å²) >= 11 is 0. The van der Waals surface area contributed by atoms with Crippen LogP contribution in [0.2, 0.25) is 0 Å². The van der Waals surface area contributed by atoms with E-state index in [1.165, 1.54) is 152 Å². The molecule has 6 unspecified atom stereocenters. The van der Waals surface area contributed by atoms with Crippen molar-refractivity contribution in [1.82, 2.24) is 13.7 Å². The van der Waals surface area contributed by atoms with Crippen LogP contribution < -0.4 is 11.5 Å². The second-order valence-corrected chi connectivity index (χ2v) is 22.5. The lowest BCUT2D eigenvalue weighted by Gasteiger charge is -2.29. The Morgan fingerprint density at radius 3 is 2.11 bits per heavy atom. The minimum absolute atomic E-state index is 0.267. The third-order valence-corrected chi connectivity index (χ3v) is 18.2. The summed E-state index contributed by atoms with van der Waals surface area (Å²) in [4.78, 5) is 0. The number of hydrogen-bond acceptors (Lipinski definition) is 3. The average Bonchev–Trinajstić information content (AvgIpc) is 4.21. The van der Waals surface area contributed by atoms with Crippen molar-refractivity contribution in [3.63, 3.8) is 0 Å². The Labute approximate surface area is 433 Å². The van der Waals surface area contributed by atoms with Crippen molar-refractivity contribution >= 4 is 68.0 Å². The van der Waals surface area contributed by atoms with Crippen LogP contribution in [-0.2, 0) is 5.54 Å². The number of nitrogens with two attached hydrogens (primary N) is 2. The molecule has 0 saturated heterocycles. The van der Waals surface area contributed by atoms with E-state index in [0.717, 1.165) is 49.9 Å². The predicted octanol–water partition coefficient (Wildman–Crippen LogP) is 17.9. The highest BCUT2D eigenvalue weighted by molar-refractivity contribution is 5.98. The van der Waals surface area contributed by atoms with E-state index >= 15 is 0 Å². The second kappa shape index (κ2) is 19.6. The number of para-hydroxylation sites is 1. The van der Waals surface area contributed by atoms with Gasteiger partial charge < -0.3 is 29.6 Å². The molecule has 4 aromatic carbocycles. The molecule has 6 atom stereocenters. The first kappa shape index (κ1) is 47.9. The van der Waals surface area contributed by atoms with Gasteiger partial charge >= 0.3 is 0 Å². The zero-order chi connectivity index (χ0) is 50.0. The Morgan fingerprint density at radius 2 is 1.36 bits per heavy atom. The van der Waals surface area contributed by atoms with E-state index in [9.17, 15) is 0 Å². The fraction of sp³-hybridized carbons (Fsp3) is 0.403. The molecule has 376 valence electrons. The van der Waals surface area contributed by atoms with E-state index < -0.39 is 5.54 Å². The van der Waals surface area contributed by atoms with Crippen LogP contribution in [-0.4, -0.2) is 20.2 Å². The maximum Gasteiger partial charge on any atom is 0.135 e. The molecule has 0 aliphatic heterocycles. The molecular weight excluding hydrogens is 891 g/mol. The first-order valence-electron chi connectivity index (χ1n) is 28.5. The quantitative estimate of drug-likeness (QED) is 0.128. The summed E-state index contributed by atoms with van der Waals surface area (Å²) in [5, 5.41) is 5.20. The lowest BCUT2D eigenvalue weighted by atomic mass is 9.80. The number of rotatable bonds is 12. The highest BCUT2D eigenvalue weighted by Gasteiger charge is 2.39. The normalized spacial score (nSPS) is 22.7. The van der Waals surface area contributed by atoms with Crippen LogP contribution in [0.5, 0.6) is 0 Å². The van der Waals surface area contributed by atoms with Gasteiger partial charge in [-0.05, 0) is 204 Å². The highest BCUT2D eigenvalue weighted by atomic mass is 16.3. The van der Waals surface area contributed by atoms with Gasteiger partial charge in [-0.15, -0.1) is 0 Å². The molecule has 4 N–H and O–H groups in total. The van der Waals surface area contributed by atoms with Crippen molar-refractivity contribution in [2.24, 2.45) is 23.3 Å². The molecule has 4 heterocycles. The fourth-order valence-electron chi connectivity index (χ4n) is 14.6. The summed E-state index contributed by atoms with van der Waals surface area (Å²) in [6.45, 7) is 12.1. The molecule has 6 heteroatoms. The SMILES string of the molecule is C/C=C\c1c(C(N)(CC)CCC)c2ccccc2n1-c1ccc2c(c1)c1c(n2-c2ccc3c(c2)c2c(n3-c3ccc4oc5c(c4c3)C(CN)CCCC/C=C\5)C=CC3C(C)CCC23)/C=C\CCCC1CCCC. The van der Waals surface area contributed by atoms with Crippen LogP contribution in [0.4, 0.5) is 0 Å². The first-order valence-corrected chi connectivity index (χ1v) is 28.5. The standard InChI is InChI=1S/C67H77N5O/c1-6-10-21-44-22-15-13-16-26-58-63(44)52-39-47(72-55-25-19-18-24-51(55)66(60(72)20-7-2)67(69,9-4)38-8-3)30-34-56(52)70(58)46-29-35-57-53(40-46)65-50-32-28-43(5)49(50)33-36-59(65)71(57)48-31-37-61-54(41-48)64-45(42-68)23-14-11-12-17-27-62(64)73-61/h7,16-20,24-27,29-31,33-37,39-41,43-45,49-50H,6,8-15,21-23,28,32,38,42,68-69H2,1-5H3/b20-7-,26-16-,27-17-. The van der Waals surface area contributed by atoms with Crippen molar-refractivity contribution in [2.75, 3.05) is 6.54 Å². The van der Waals surface area contributed by atoms with Crippen LogP contribution in [0.25, 0.3) is 85.0 Å². The molecule has 0 amide bonds. The number of nitrogens with zero attached hydrogens (tertiary/aromatic N) is 3. The Bertz CT molecular complexity index is 3510. The van der Waals surface area contributed by atoms with Crippen molar-refractivity contribution in [1.29, 1.82) is 0 Å². The summed E-state index contributed by atoms with van der Waals surface area (Å²) in [7, 11) is 0. The summed E-state index contributed by atoms with van der Waals surface area (Å²) < 4.78 is 14.4. The monoisotopic (exact) mass is 968 g/mol. The van der Waals surface area contributed by atoms with Crippen molar-refractivity contribution in [3.8, 4) is 17.1 Å². The van der Waals surface area contributed by atoms with E-state index in [1.807, 2.05) is 0 Å². The number of aromatic nitrogens is 3. The van der Waals surface area contributed by atoms with Gasteiger partial charge in [-0.2, -0.15) is 0 Å². The molecule has 1 fully saturated rings. The zero-order valence-electron chi connectivity index (χ0n) is 44.2. The van der Waals surface area contributed by atoms with Crippen molar-refractivity contribution in [2.45, 2.75) is 154 Å². The topological polar surface area (TPSA) is 80.0 Å². The van der Waals surface area contributed by atoms with Gasteiger partial charge in [0, 0.05) is 66.9 Å². The maximum atomic E-state index is 7.51. The molecular formula is C67H77N5O. The van der Waals surface area contributed by atoms with Crippen LogP contribution in [0, 0.1) is 11.8 Å². The Kier molecular flexibility index (Phi) is 12.9. The van der Waals surface area contributed by atoms with E-state index in [4.69, 9.17) is 15.9 Å². The Balaban J connectivity index is 1.09. The molecule has 73 heavy (non-hydrogen) atoms. The first-order chi connectivity index (χ1) is 35.8. The fourth-order valence-corrected chi connectivity index (χ4v) is 14.6. The smallest absolute Gasteiger partial charge is 0.135 e. The van der Waals surface area contributed by atoms with Gasteiger partial charge in [0.1, 0.15) is 11.3 Å². The third kappa shape index (κ3) is 7.88. The molecule has 4 aliphatic rings. The number of hydrogen-bond donors (Lipinski definition) is 2. The molecule has 0 bridgehead atoms. The van der Waals surface area contributed by atoms with E-state index in [2.05, 4.69) is 176 Å². The van der Waals surface area contributed by atoms with Crippen LogP contribution in [0.15, 0.2) is 108 Å². The van der Waals surface area contributed by atoms with Gasteiger partial charge in [0.05, 0.1) is 27.9 Å². The van der Waals surface area contributed by atoms with E-state index in [-0.39, 0.29) is 5.92 Å². The average molecular weight is 968 g/mol. The highest BCUT2D eigenvalue weighted by Crippen LogP contribution is 2.53. The maximum absolute atomic E-state index is 7.51. The molecule has 4 aliphatic carbocycles. The predicted molar refractivity (Wildman–Crippen MR) is 311 cm³/mol. The second-order valence-electron chi connectivity index (χ2n) is 22.5. The summed E-state index contributed by atoms with van der Waals surface area (Å²) in [5.74, 6) is 3.40. The van der Waals surface area contributed by atoms with Gasteiger partial charge in [-0.1, -0.05) is 95.9 Å². The van der Waals surface area contributed by atoms with Gasteiger partial charge in [0.15, 0.2) is 0 Å². The summed E-state index contributed by atoms with van der Waals surface area (Å²) in [5.41, 5.74) is 31.4. The Hall–Kier alpha value is -6.08. The molecule has 8 aromatic rings. The van der Waals surface area contributed by atoms with Gasteiger partial charge in [0.25, 0.3) is 0 Å². The largest absolute Gasteiger partial charge is 0.456 e. The minimum Gasteiger partial charge on any atom is -0.456 e. The number of unbranched alkanes of at least 4 members (excludes halogenated alkanes) is 1. The molecule has 0 spiro atoms. The van der Waals surface area contributed by atoms with Crippen LogP contribution >= 0.6 is 0 Å². The number of furan rings is 1. The van der Waals surface area contributed by atoms with Crippen molar-refractivity contribution in [3.05, 3.63) is 148 Å². The van der Waals surface area contributed by atoms with Crippen molar-refractivity contribution < 1.29 is 4.42 Å². The van der Waals surface area contributed by atoms with Crippen LogP contribution in [0.3, 0.4) is 0 Å². The number of allylic oxidation sites excluding steroid dienone is 4. The number of fused-ring (bicyclic) bond motifs is 12. The van der Waals surface area contributed by atoms with Gasteiger partial charge in [-0.3, -0.25) is 0 Å². The summed E-state index contributed by atoms with van der Waals surface area (Å²) in [6.07, 6.45) is 35.9. The van der Waals surface area contributed by atoms with Gasteiger partial charge in [-0.25, -0.2) is 0 Å². The minimum atomic E-state index is -0.439. The molecule has 0 radical (unpaired) electrons. The van der Waals surface area contributed by atoms with E-state index in [0.29, 0.717) is 30.2 Å². The summed E-state index contributed by atoms with van der Waals surface area (Å²) in [6, 6.07) is 30.7. The number of benzene rings is 4. The lowest BCUT2D eigenvalue weighted by molar-refractivity contribution is 0.392. The van der Waals surface area contributed by atoms with Gasteiger partial charge in [0.2, 0.25) is 0 Å². The van der Waals surface area contributed by atoms with Crippen LogP contribution in [0.1, 0.15) is 194 Å². The molecule has 4 aromatic heterocycles. The van der Waals surface area contributed by atoms with E-state index in [1.54, 1.807) is 0 Å². The molecule has 6 nitrogen and oxygen atoms in total. The Morgan fingerprint density at radius 1 is 0.671 bits per heavy atom. The zero-order valence-corrected chi connectivity index (χ0v) is 44.2. The third-order valence-electron chi connectivity index (χ3n) is 18.2. The molecule has 12 rings (SSSR count). The lowest BCUT2D eigenvalue weighted by Crippen LogP contribution is -2.36. The molecule has 1 saturated carbocycles.